The third kappa shape index (κ3) is 4.91. The van der Waals surface area contributed by atoms with Gasteiger partial charge in [0.05, 0.1) is 0 Å². The minimum atomic E-state index is -0.476. The van der Waals surface area contributed by atoms with Gasteiger partial charge in [-0.05, 0) is 54.7 Å². The zero-order valence-electron chi connectivity index (χ0n) is 14.4. The van der Waals surface area contributed by atoms with E-state index < -0.39 is 11.9 Å². The quantitative estimate of drug-likeness (QED) is 0.453. The average molecular weight is 336 g/mol. The maximum atomic E-state index is 11.3. The van der Waals surface area contributed by atoms with Gasteiger partial charge in [-0.15, -0.1) is 0 Å². The predicted octanol–water partition coefficient (Wildman–Crippen LogP) is 4.08. The summed E-state index contributed by atoms with van der Waals surface area (Å²) in [5.74, 6) is 0.0975. The molecule has 0 radical (unpaired) electrons. The molecule has 0 saturated heterocycles. The van der Waals surface area contributed by atoms with E-state index in [1.54, 1.807) is 12.1 Å². The Hall–Kier alpha value is -3.14. The monoisotopic (exact) mass is 336 g/mol. The summed E-state index contributed by atoms with van der Waals surface area (Å²) < 4.78 is 10.3. The minimum absolute atomic E-state index is 0.476. The van der Waals surface area contributed by atoms with Crippen molar-refractivity contribution in [3.63, 3.8) is 0 Å². The SMILES string of the molecule is C=CC(=O)Oc1ccc(Cc2ccc(OC(=O)C=C)c(C)c2)cc1C. The van der Waals surface area contributed by atoms with Crippen LogP contribution in [0.2, 0.25) is 0 Å². The second-order valence-electron chi connectivity index (χ2n) is 5.63. The van der Waals surface area contributed by atoms with Crippen molar-refractivity contribution in [2.24, 2.45) is 0 Å². The summed E-state index contributed by atoms with van der Waals surface area (Å²) >= 11 is 0. The van der Waals surface area contributed by atoms with Crippen LogP contribution in [0.5, 0.6) is 11.5 Å². The van der Waals surface area contributed by atoms with Crippen molar-refractivity contribution in [1.29, 1.82) is 0 Å². The number of carbonyl (C=O) groups is 2. The molecule has 4 nitrogen and oxygen atoms in total. The number of aryl methyl sites for hydroxylation is 2. The third-order valence-corrected chi connectivity index (χ3v) is 3.64. The summed E-state index contributed by atoms with van der Waals surface area (Å²) in [5, 5.41) is 0. The lowest BCUT2D eigenvalue weighted by Gasteiger charge is -2.10. The Bertz CT molecular complexity index is 764. The molecule has 4 heteroatoms. The topological polar surface area (TPSA) is 52.6 Å². The molecule has 0 N–H and O–H groups in total. The first-order chi connectivity index (χ1) is 11.9. The molecule has 0 aliphatic carbocycles. The van der Waals surface area contributed by atoms with E-state index in [-0.39, 0.29) is 0 Å². The van der Waals surface area contributed by atoms with Crippen LogP contribution in [-0.2, 0) is 16.0 Å². The van der Waals surface area contributed by atoms with Gasteiger partial charge >= 0.3 is 11.9 Å². The second-order valence-corrected chi connectivity index (χ2v) is 5.63. The molecular formula is C21H20O4. The molecular weight excluding hydrogens is 316 g/mol. The predicted molar refractivity (Wildman–Crippen MR) is 96.8 cm³/mol. The lowest BCUT2D eigenvalue weighted by atomic mass is 10.0. The number of esters is 2. The highest BCUT2D eigenvalue weighted by atomic mass is 16.5. The summed E-state index contributed by atoms with van der Waals surface area (Å²) in [6, 6.07) is 11.3. The number of hydrogen-bond acceptors (Lipinski definition) is 4. The highest BCUT2D eigenvalue weighted by Crippen LogP contribution is 2.24. The molecule has 2 rings (SSSR count). The highest BCUT2D eigenvalue weighted by Gasteiger charge is 2.08. The van der Waals surface area contributed by atoms with Crippen LogP contribution >= 0.6 is 0 Å². The number of ether oxygens (including phenoxy) is 2. The first-order valence-electron chi connectivity index (χ1n) is 7.80. The van der Waals surface area contributed by atoms with Gasteiger partial charge in [0.2, 0.25) is 0 Å². The van der Waals surface area contributed by atoms with Crippen LogP contribution in [0.15, 0.2) is 61.7 Å². The summed E-state index contributed by atoms with van der Waals surface area (Å²) in [6.45, 7) is 10.5. The fraction of sp³-hybridized carbons (Fsp3) is 0.143. The lowest BCUT2D eigenvalue weighted by Crippen LogP contribution is -2.05. The van der Waals surface area contributed by atoms with E-state index in [1.165, 1.54) is 0 Å². The van der Waals surface area contributed by atoms with Crippen LogP contribution in [0.25, 0.3) is 0 Å². The van der Waals surface area contributed by atoms with Crippen molar-refractivity contribution in [2.45, 2.75) is 20.3 Å². The Labute approximate surface area is 147 Å². The molecule has 0 heterocycles. The molecule has 2 aromatic rings. The summed E-state index contributed by atoms with van der Waals surface area (Å²) in [5.41, 5.74) is 3.93. The van der Waals surface area contributed by atoms with E-state index in [9.17, 15) is 9.59 Å². The van der Waals surface area contributed by atoms with Gasteiger partial charge in [0, 0.05) is 12.2 Å². The van der Waals surface area contributed by atoms with E-state index in [0.29, 0.717) is 17.9 Å². The lowest BCUT2D eigenvalue weighted by molar-refractivity contribution is -0.129. The molecule has 0 aromatic heterocycles. The first-order valence-corrected chi connectivity index (χ1v) is 7.80. The summed E-state index contributed by atoms with van der Waals surface area (Å²) in [6.07, 6.45) is 2.99. The first kappa shape index (κ1) is 18.2. The van der Waals surface area contributed by atoms with Crippen molar-refractivity contribution in [2.75, 3.05) is 0 Å². The smallest absolute Gasteiger partial charge is 0.335 e. The molecule has 0 unspecified atom stereocenters. The molecule has 0 atom stereocenters. The van der Waals surface area contributed by atoms with Gasteiger partial charge in [-0.25, -0.2) is 9.59 Å². The van der Waals surface area contributed by atoms with Crippen LogP contribution in [0.3, 0.4) is 0 Å². The van der Waals surface area contributed by atoms with Gasteiger partial charge in [0.1, 0.15) is 11.5 Å². The largest absolute Gasteiger partial charge is 0.423 e. The Morgan fingerprint density at radius 1 is 0.840 bits per heavy atom. The Kier molecular flexibility index (Phi) is 5.90. The molecule has 0 fully saturated rings. The third-order valence-electron chi connectivity index (χ3n) is 3.64. The second kappa shape index (κ2) is 8.11. The van der Waals surface area contributed by atoms with Gasteiger partial charge < -0.3 is 9.47 Å². The number of rotatable bonds is 6. The molecule has 25 heavy (non-hydrogen) atoms. The van der Waals surface area contributed by atoms with Gasteiger partial charge in [0.25, 0.3) is 0 Å². The molecule has 0 aliphatic rings. The molecule has 2 aromatic carbocycles. The fourth-order valence-corrected chi connectivity index (χ4v) is 2.41. The Balaban J connectivity index is 2.14. The number of benzene rings is 2. The van der Waals surface area contributed by atoms with Gasteiger partial charge in [-0.3, -0.25) is 0 Å². The van der Waals surface area contributed by atoms with Crippen molar-refractivity contribution < 1.29 is 19.1 Å². The van der Waals surface area contributed by atoms with E-state index in [2.05, 4.69) is 13.2 Å². The molecule has 128 valence electrons. The van der Waals surface area contributed by atoms with Crippen molar-refractivity contribution >= 4 is 11.9 Å². The van der Waals surface area contributed by atoms with E-state index in [0.717, 1.165) is 34.4 Å². The summed E-state index contributed by atoms with van der Waals surface area (Å²) in [4.78, 5) is 22.6. The fourth-order valence-electron chi connectivity index (χ4n) is 2.41. The van der Waals surface area contributed by atoms with E-state index >= 15 is 0 Å². The van der Waals surface area contributed by atoms with Crippen LogP contribution in [-0.4, -0.2) is 11.9 Å². The Morgan fingerprint density at radius 3 is 1.56 bits per heavy atom. The van der Waals surface area contributed by atoms with Crippen molar-refractivity contribution in [1.82, 2.24) is 0 Å². The van der Waals surface area contributed by atoms with Crippen LogP contribution < -0.4 is 9.47 Å². The van der Waals surface area contributed by atoms with Crippen LogP contribution in [0, 0.1) is 13.8 Å². The van der Waals surface area contributed by atoms with Crippen molar-refractivity contribution in [3.8, 4) is 11.5 Å². The maximum Gasteiger partial charge on any atom is 0.335 e. The average Bonchev–Trinajstić information content (AvgIpc) is 2.59. The van der Waals surface area contributed by atoms with Gasteiger partial charge in [0.15, 0.2) is 0 Å². The van der Waals surface area contributed by atoms with Crippen LogP contribution in [0.1, 0.15) is 22.3 Å². The minimum Gasteiger partial charge on any atom is -0.423 e. The molecule has 0 bridgehead atoms. The molecule has 0 aliphatic heterocycles. The standard InChI is InChI=1S/C21H20O4/c1-5-20(22)24-18-9-7-16(11-14(18)3)13-17-8-10-19(15(4)12-17)25-21(23)6-2/h5-12H,1-2,13H2,3-4H3. The highest BCUT2D eigenvalue weighted by molar-refractivity contribution is 5.84. The molecule has 0 saturated carbocycles. The van der Waals surface area contributed by atoms with E-state index in [1.807, 2.05) is 38.1 Å². The molecule has 0 spiro atoms. The van der Waals surface area contributed by atoms with Crippen LogP contribution in [0.4, 0.5) is 0 Å². The summed E-state index contributed by atoms with van der Waals surface area (Å²) in [7, 11) is 0. The number of hydrogen-bond donors (Lipinski definition) is 0. The van der Waals surface area contributed by atoms with Gasteiger partial charge in [-0.2, -0.15) is 0 Å². The van der Waals surface area contributed by atoms with Crippen molar-refractivity contribution in [3.05, 3.63) is 84.0 Å². The zero-order chi connectivity index (χ0) is 18.4. The molecule has 0 amide bonds. The van der Waals surface area contributed by atoms with E-state index in [4.69, 9.17) is 9.47 Å². The maximum absolute atomic E-state index is 11.3. The van der Waals surface area contributed by atoms with Gasteiger partial charge in [-0.1, -0.05) is 37.4 Å². The zero-order valence-corrected chi connectivity index (χ0v) is 14.4. The Morgan fingerprint density at radius 2 is 1.24 bits per heavy atom. The number of carbonyl (C=O) groups excluding carboxylic acids is 2. The normalized spacial score (nSPS) is 10.0.